The van der Waals surface area contributed by atoms with Gasteiger partial charge in [0.05, 0.1) is 0 Å². The van der Waals surface area contributed by atoms with Gasteiger partial charge in [-0.2, -0.15) is 0 Å². The van der Waals surface area contributed by atoms with E-state index in [0.717, 1.165) is 17.8 Å². The van der Waals surface area contributed by atoms with E-state index in [9.17, 15) is 0 Å². The molecule has 2 atom stereocenters. The molecule has 1 heterocycles. The smallest absolute Gasteiger partial charge is 0.00130 e. The molecule has 0 amide bonds. The summed E-state index contributed by atoms with van der Waals surface area (Å²) < 4.78 is 0. The van der Waals surface area contributed by atoms with Crippen LogP contribution in [-0.2, 0) is 0 Å². The molecule has 70 valence electrons. The fourth-order valence-corrected chi connectivity index (χ4v) is 3.00. The lowest BCUT2D eigenvalue weighted by Crippen LogP contribution is -2.26. The van der Waals surface area contributed by atoms with Crippen molar-refractivity contribution < 1.29 is 0 Å². The van der Waals surface area contributed by atoms with Gasteiger partial charge in [-0.1, -0.05) is 20.3 Å². The van der Waals surface area contributed by atoms with Gasteiger partial charge >= 0.3 is 0 Å². The Kier molecular flexibility index (Phi) is 2.40. The Morgan fingerprint density at radius 2 is 1.75 bits per heavy atom. The molecule has 1 heteroatoms. The largest absolute Gasteiger partial charge is 0.303 e. The van der Waals surface area contributed by atoms with Crippen LogP contribution in [0, 0.1) is 17.8 Å². The molecule has 1 saturated heterocycles. The molecule has 0 aromatic rings. The predicted molar refractivity (Wildman–Crippen MR) is 52.1 cm³/mol. The summed E-state index contributed by atoms with van der Waals surface area (Å²) in [5.74, 6) is 3.00. The summed E-state index contributed by atoms with van der Waals surface area (Å²) in [5.41, 5.74) is 0. The Morgan fingerprint density at radius 3 is 2.25 bits per heavy atom. The number of likely N-dealkylation sites (tertiary alicyclic amines) is 1. The predicted octanol–water partition coefficient (Wildman–Crippen LogP) is 2.37. The first-order valence-corrected chi connectivity index (χ1v) is 5.48. The first-order chi connectivity index (χ1) is 5.75. The molecule has 0 N–H and O–H groups in total. The number of hydrogen-bond donors (Lipinski definition) is 0. The average molecular weight is 167 g/mol. The normalized spacial score (nSPS) is 36.2. The standard InChI is InChI=1S/C11H21N/c1-9(2)6-12-7-10-4-3-5-11(10)8-12/h9-11H,3-8H2,1-2H3/t10-,11+. The maximum Gasteiger partial charge on any atom is 0.00130 e. The molecular weight excluding hydrogens is 146 g/mol. The molecule has 0 unspecified atom stereocenters. The molecule has 2 rings (SSSR count). The topological polar surface area (TPSA) is 3.24 Å². The van der Waals surface area contributed by atoms with Gasteiger partial charge in [-0.25, -0.2) is 0 Å². The Labute approximate surface area is 76.1 Å². The van der Waals surface area contributed by atoms with Gasteiger partial charge in [0.15, 0.2) is 0 Å². The summed E-state index contributed by atoms with van der Waals surface area (Å²) in [4.78, 5) is 2.68. The van der Waals surface area contributed by atoms with E-state index >= 15 is 0 Å². The second-order valence-electron chi connectivity index (χ2n) is 5.06. The maximum absolute atomic E-state index is 2.68. The molecule has 2 fully saturated rings. The van der Waals surface area contributed by atoms with E-state index in [1.807, 2.05) is 0 Å². The zero-order valence-corrected chi connectivity index (χ0v) is 8.42. The minimum absolute atomic E-state index is 0.851. The fraction of sp³-hybridized carbons (Fsp3) is 1.00. The lowest BCUT2D eigenvalue weighted by Gasteiger charge is -2.18. The summed E-state index contributed by atoms with van der Waals surface area (Å²) in [6.07, 6.45) is 4.53. The van der Waals surface area contributed by atoms with E-state index in [1.165, 1.54) is 38.9 Å². The van der Waals surface area contributed by atoms with Gasteiger partial charge in [0.25, 0.3) is 0 Å². The Balaban J connectivity index is 1.82. The van der Waals surface area contributed by atoms with Crippen molar-refractivity contribution in [2.45, 2.75) is 33.1 Å². The molecule has 1 aliphatic heterocycles. The van der Waals surface area contributed by atoms with Crippen molar-refractivity contribution in [3.63, 3.8) is 0 Å². The van der Waals surface area contributed by atoms with Crippen molar-refractivity contribution in [1.29, 1.82) is 0 Å². The van der Waals surface area contributed by atoms with Crippen molar-refractivity contribution in [2.75, 3.05) is 19.6 Å². The quantitative estimate of drug-likeness (QED) is 0.610. The molecule has 0 bridgehead atoms. The number of fused-ring (bicyclic) bond motifs is 1. The van der Waals surface area contributed by atoms with Gasteiger partial charge in [-0.05, 0) is 30.6 Å². The zero-order chi connectivity index (χ0) is 8.55. The Morgan fingerprint density at radius 1 is 1.17 bits per heavy atom. The first-order valence-electron chi connectivity index (χ1n) is 5.48. The van der Waals surface area contributed by atoms with Crippen LogP contribution < -0.4 is 0 Å². The summed E-state index contributed by atoms with van der Waals surface area (Å²) in [6, 6.07) is 0. The van der Waals surface area contributed by atoms with Crippen LogP contribution in [0.4, 0.5) is 0 Å². The zero-order valence-electron chi connectivity index (χ0n) is 8.42. The van der Waals surface area contributed by atoms with Gasteiger partial charge in [0.2, 0.25) is 0 Å². The van der Waals surface area contributed by atoms with E-state index in [2.05, 4.69) is 18.7 Å². The molecule has 1 aliphatic carbocycles. The van der Waals surface area contributed by atoms with Gasteiger partial charge in [0, 0.05) is 19.6 Å². The van der Waals surface area contributed by atoms with Crippen LogP contribution in [0.2, 0.25) is 0 Å². The van der Waals surface area contributed by atoms with E-state index < -0.39 is 0 Å². The number of rotatable bonds is 2. The summed E-state index contributed by atoms with van der Waals surface area (Å²) in [5, 5.41) is 0. The van der Waals surface area contributed by atoms with E-state index in [0.29, 0.717) is 0 Å². The Hall–Kier alpha value is -0.0400. The molecule has 1 nitrogen and oxygen atoms in total. The van der Waals surface area contributed by atoms with E-state index in [1.54, 1.807) is 0 Å². The van der Waals surface area contributed by atoms with Crippen molar-refractivity contribution in [1.82, 2.24) is 4.90 Å². The minimum atomic E-state index is 0.851. The van der Waals surface area contributed by atoms with Crippen LogP contribution in [0.15, 0.2) is 0 Å². The van der Waals surface area contributed by atoms with Crippen LogP contribution in [0.1, 0.15) is 33.1 Å². The highest BCUT2D eigenvalue weighted by atomic mass is 15.2. The average Bonchev–Trinajstić information content (AvgIpc) is 2.43. The summed E-state index contributed by atoms with van der Waals surface area (Å²) in [6.45, 7) is 8.79. The van der Waals surface area contributed by atoms with Gasteiger partial charge in [-0.3, -0.25) is 0 Å². The van der Waals surface area contributed by atoms with Crippen LogP contribution in [-0.4, -0.2) is 24.5 Å². The third-order valence-corrected chi connectivity index (χ3v) is 3.43. The molecule has 0 aromatic carbocycles. The maximum atomic E-state index is 2.68. The highest BCUT2D eigenvalue weighted by molar-refractivity contribution is 4.88. The third-order valence-electron chi connectivity index (χ3n) is 3.43. The van der Waals surface area contributed by atoms with Gasteiger partial charge in [-0.15, -0.1) is 0 Å². The molecule has 2 aliphatic rings. The summed E-state index contributed by atoms with van der Waals surface area (Å²) in [7, 11) is 0. The molecule has 0 spiro atoms. The fourth-order valence-electron chi connectivity index (χ4n) is 3.00. The van der Waals surface area contributed by atoms with Crippen molar-refractivity contribution in [3.05, 3.63) is 0 Å². The minimum Gasteiger partial charge on any atom is -0.303 e. The first kappa shape index (κ1) is 8.55. The summed E-state index contributed by atoms with van der Waals surface area (Å²) >= 11 is 0. The monoisotopic (exact) mass is 167 g/mol. The molecule has 12 heavy (non-hydrogen) atoms. The number of hydrogen-bond acceptors (Lipinski definition) is 1. The van der Waals surface area contributed by atoms with Crippen LogP contribution in [0.3, 0.4) is 0 Å². The van der Waals surface area contributed by atoms with Crippen molar-refractivity contribution in [3.8, 4) is 0 Å². The van der Waals surface area contributed by atoms with Crippen LogP contribution in [0.5, 0.6) is 0 Å². The van der Waals surface area contributed by atoms with E-state index in [4.69, 9.17) is 0 Å². The van der Waals surface area contributed by atoms with Gasteiger partial charge < -0.3 is 4.90 Å². The second-order valence-corrected chi connectivity index (χ2v) is 5.06. The van der Waals surface area contributed by atoms with Crippen molar-refractivity contribution in [2.24, 2.45) is 17.8 Å². The van der Waals surface area contributed by atoms with E-state index in [-0.39, 0.29) is 0 Å². The Bertz CT molecular complexity index is 141. The highest BCUT2D eigenvalue weighted by Gasteiger charge is 2.35. The highest BCUT2D eigenvalue weighted by Crippen LogP contribution is 2.37. The van der Waals surface area contributed by atoms with Crippen LogP contribution >= 0.6 is 0 Å². The number of nitrogens with zero attached hydrogens (tertiary/aromatic N) is 1. The molecule has 0 aromatic heterocycles. The molecular formula is C11H21N. The molecule has 1 saturated carbocycles. The SMILES string of the molecule is CC(C)CN1C[C@H]2CCC[C@H]2C1. The van der Waals surface area contributed by atoms with Crippen LogP contribution in [0.25, 0.3) is 0 Å². The third kappa shape index (κ3) is 1.66. The second kappa shape index (κ2) is 3.37. The van der Waals surface area contributed by atoms with Crippen molar-refractivity contribution >= 4 is 0 Å². The lowest BCUT2D eigenvalue weighted by molar-refractivity contribution is 0.276. The lowest BCUT2D eigenvalue weighted by atomic mass is 10.0. The molecule has 0 radical (unpaired) electrons. The van der Waals surface area contributed by atoms with Gasteiger partial charge in [0.1, 0.15) is 0 Å².